The molecule has 0 saturated carbocycles. The van der Waals surface area contributed by atoms with Crippen molar-refractivity contribution in [1.29, 1.82) is 0 Å². The van der Waals surface area contributed by atoms with Crippen molar-refractivity contribution in [2.24, 2.45) is 0 Å². The predicted octanol–water partition coefficient (Wildman–Crippen LogP) is 2.40. The van der Waals surface area contributed by atoms with Crippen molar-refractivity contribution in [2.75, 3.05) is 0 Å². The lowest BCUT2D eigenvalue weighted by Crippen LogP contribution is -2.02. The third kappa shape index (κ3) is 2.20. The summed E-state index contributed by atoms with van der Waals surface area (Å²) in [6.07, 6.45) is 0. The Morgan fingerprint density at radius 3 is 2.83 bits per heavy atom. The van der Waals surface area contributed by atoms with Gasteiger partial charge in [0.2, 0.25) is 0 Å². The number of hydrogen-bond acceptors (Lipinski definition) is 2. The zero-order chi connectivity index (χ0) is 9.14. The fraction of sp³-hybridized carbons (Fsp3) is 0.125. The van der Waals surface area contributed by atoms with Gasteiger partial charge in [-0.3, -0.25) is 4.79 Å². The highest BCUT2D eigenvalue weighted by Gasteiger charge is 2.05. The summed E-state index contributed by atoms with van der Waals surface area (Å²) in [6, 6.07) is 3.77. The molecule has 0 aliphatic carbocycles. The Kier molecular flexibility index (Phi) is 2.65. The SMILES string of the molecule is CC(=O)Oc1cc(Cl)ccc1F. The van der Waals surface area contributed by atoms with Crippen molar-refractivity contribution in [3.05, 3.63) is 29.0 Å². The first-order valence-corrected chi connectivity index (χ1v) is 3.61. The molecule has 1 aromatic carbocycles. The van der Waals surface area contributed by atoms with E-state index in [0.717, 1.165) is 6.07 Å². The summed E-state index contributed by atoms with van der Waals surface area (Å²) < 4.78 is 17.3. The Balaban J connectivity index is 2.97. The monoisotopic (exact) mass is 188 g/mol. The summed E-state index contributed by atoms with van der Waals surface area (Å²) in [5.41, 5.74) is 0. The summed E-state index contributed by atoms with van der Waals surface area (Å²) >= 11 is 5.54. The van der Waals surface area contributed by atoms with Crippen LogP contribution >= 0.6 is 11.6 Å². The molecule has 0 fully saturated rings. The van der Waals surface area contributed by atoms with E-state index in [1.807, 2.05) is 0 Å². The molecule has 0 N–H and O–H groups in total. The van der Waals surface area contributed by atoms with Gasteiger partial charge in [-0.15, -0.1) is 0 Å². The second-order valence-electron chi connectivity index (χ2n) is 2.17. The number of rotatable bonds is 1. The molecule has 0 aromatic heterocycles. The van der Waals surface area contributed by atoms with Gasteiger partial charge < -0.3 is 4.74 Å². The Hall–Kier alpha value is -1.09. The summed E-state index contributed by atoms with van der Waals surface area (Å²) in [5, 5.41) is 0.327. The van der Waals surface area contributed by atoms with Crippen LogP contribution in [-0.2, 0) is 4.79 Å². The van der Waals surface area contributed by atoms with E-state index in [2.05, 4.69) is 4.74 Å². The van der Waals surface area contributed by atoms with Crippen molar-refractivity contribution in [3.8, 4) is 5.75 Å². The summed E-state index contributed by atoms with van der Waals surface area (Å²) in [7, 11) is 0. The third-order valence-corrected chi connectivity index (χ3v) is 1.38. The molecule has 64 valence electrons. The van der Waals surface area contributed by atoms with Crippen LogP contribution in [0.5, 0.6) is 5.75 Å². The average Bonchev–Trinajstić information content (AvgIpc) is 1.96. The number of carbonyl (C=O) groups is 1. The molecule has 0 bridgehead atoms. The first-order valence-electron chi connectivity index (χ1n) is 3.23. The lowest BCUT2D eigenvalue weighted by molar-refractivity contribution is -0.132. The summed E-state index contributed by atoms with van der Waals surface area (Å²) in [6.45, 7) is 1.19. The van der Waals surface area contributed by atoms with Gasteiger partial charge in [0.15, 0.2) is 11.6 Å². The number of carbonyl (C=O) groups excluding carboxylic acids is 1. The van der Waals surface area contributed by atoms with Crippen LogP contribution < -0.4 is 4.74 Å². The van der Waals surface area contributed by atoms with Gasteiger partial charge in [-0.2, -0.15) is 0 Å². The molecule has 0 saturated heterocycles. The fourth-order valence-corrected chi connectivity index (χ4v) is 0.872. The summed E-state index contributed by atoms with van der Waals surface area (Å²) in [5.74, 6) is -1.32. The van der Waals surface area contributed by atoms with E-state index in [9.17, 15) is 9.18 Å². The number of ether oxygens (including phenoxy) is 1. The maximum absolute atomic E-state index is 12.8. The smallest absolute Gasteiger partial charge is 0.308 e. The highest BCUT2D eigenvalue weighted by molar-refractivity contribution is 6.30. The second kappa shape index (κ2) is 3.54. The molecule has 4 heteroatoms. The van der Waals surface area contributed by atoms with Gasteiger partial charge >= 0.3 is 5.97 Å². The maximum Gasteiger partial charge on any atom is 0.308 e. The normalized spacial score (nSPS) is 9.58. The first-order chi connectivity index (χ1) is 5.59. The maximum atomic E-state index is 12.8. The third-order valence-electron chi connectivity index (χ3n) is 1.15. The van der Waals surface area contributed by atoms with Gasteiger partial charge in [0.05, 0.1) is 0 Å². The van der Waals surface area contributed by atoms with Crippen molar-refractivity contribution in [3.63, 3.8) is 0 Å². The quantitative estimate of drug-likeness (QED) is 0.500. The van der Waals surface area contributed by atoms with Crippen LogP contribution in [0.4, 0.5) is 4.39 Å². The molecule has 0 unspecified atom stereocenters. The largest absolute Gasteiger partial charge is 0.424 e. The fourth-order valence-electron chi connectivity index (χ4n) is 0.710. The molecule has 0 radical (unpaired) electrons. The van der Waals surface area contributed by atoms with E-state index >= 15 is 0 Å². The van der Waals surface area contributed by atoms with Gasteiger partial charge in [-0.25, -0.2) is 4.39 Å². The van der Waals surface area contributed by atoms with Crippen LogP contribution in [0.3, 0.4) is 0 Å². The van der Waals surface area contributed by atoms with Crippen LogP contribution in [0, 0.1) is 5.82 Å². The Bertz CT molecular complexity index is 312. The molecule has 1 rings (SSSR count). The van der Waals surface area contributed by atoms with Crippen LogP contribution in [0.25, 0.3) is 0 Å². The number of hydrogen-bond donors (Lipinski definition) is 0. The molecular weight excluding hydrogens is 183 g/mol. The van der Waals surface area contributed by atoms with Crippen molar-refractivity contribution in [2.45, 2.75) is 6.92 Å². The highest BCUT2D eigenvalue weighted by atomic mass is 35.5. The molecule has 0 atom stereocenters. The zero-order valence-corrected chi connectivity index (χ0v) is 7.06. The van der Waals surface area contributed by atoms with Crippen molar-refractivity contribution in [1.82, 2.24) is 0 Å². The minimum atomic E-state index is -0.602. The molecule has 0 aliphatic heterocycles. The van der Waals surface area contributed by atoms with Crippen molar-refractivity contribution < 1.29 is 13.9 Å². The van der Waals surface area contributed by atoms with Gasteiger partial charge in [-0.1, -0.05) is 11.6 Å². The van der Waals surface area contributed by atoms with E-state index in [4.69, 9.17) is 11.6 Å². The lowest BCUT2D eigenvalue weighted by Gasteiger charge is -2.01. The number of benzene rings is 1. The van der Waals surface area contributed by atoms with Crippen LogP contribution in [-0.4, -0.2) is 5.97 Å². The molecule has 1 aromatic rings. The molecule has 0 heterocycles. The van der Waals surface area contributed by atoms with Gasteiger partial charge in [0.25, 0.3) is 0 Å². The summed E-state index contributed by atoms with van der Waals surface area (Å²) in [4.78, 5) is 10.4. The average molecular weight is 189 g/mol. The van der Waals surface area contributed by atoms with E-state index < -0.39 is 11.8 Å². The Labute approximate surface area is 73.9 Å². The Morgan fingerprint density at radius 1 is 1.58 bits per heavy atom. The molecule has 0 aliphatic rings. The van der Waals surface area contributed by atoms with Gasteiger partial charge in [-0.05, 0) is 12.1 Å². The molecule has 0 amide bonds. The molecule has 2 nitrogen and oxygen atoms in total. The predicted molar refractivity (Wildman–Crippen MR) is 42.7 cm³/mol. The van der Waals surface area contributed by atoms with Crippen LogP contribution in [0.1, 0.15) is 6.92 Å². The number of halogens is 2. The van der Waals surface area contributed by atoms with E-state index in [1.54, 1.807) is 0 Å². The zero-order valence-electron chi connectivity index (χ0n) is 6.30. The molecular formula is C8H6ClFO2. The minimum Gasteiger partial charge on any atom is -0.424 e. The molecule has 12 heavy (non-hydrogen) atoms. The Morgan fingerprint density at radius 2 is 2.25 bits per heavy atom. The van der Waals surface area contributed by atoms with Crippen LogP contribution in [0.2, 0.25) is 5.02 Å². The van der Waals surface area contributed by atoms with Gasteiger partial charge in [0.1, 0.15) is 0 Å². The first kappa shape index (κ1) is 9.00. The standard InChI is InChI=1S/C8H6ClFO2/c1-5(11)12-8-4-6(9)2-3-7(8)10/h2-4H,1H3. The van der Waals surface area contributed by atoms with E-state index in [-0.39, 0.29) is 5.75 Å². The van der Waals surface area contributed by atoms with E-state index in [1.165, 1.54) is 19.1 Å². The van der Waals surface area contributed by atoms with E-state index in [0.29, 0.717) is 5.02 Å². The molecule has 0 spiro atoms. The lowest BCUT2D eigenvalue weighted by atomic mass is 10.3. The van der Waals surface area contributed by atoms with Gasteiger partial charge in [0, 0.05) is 18.0 Å². The van der Waals surface area contributed by atoms with Crippen molar-refractivity contribution >= 4 is 17.6 Å². The minimum absolute atomic E-state index is 0.144. The number of esters is 1. The second-order valence-corrected chi connectivity index (χ2v) is 2.60. The highest BCUT2D eigenvalue weighted by Crippen LogP contribution is 2.21. The van der Waals surface area contributed by atoms with Crippen LogP contribution in [0.15, 0.2) is 18.2 Å². The topological polar surface area (TPSA) is 26.3 Å².